The van der Waals surface area contributed by atoms with Crippen LogP contribution in [0.25, 0.3) is 22.2 Å². The number of hydrogen-bond donors (Lipinski definition) is 1. The van der Waals surface area contributed by atoms with E-state index in [1.165, 1.54) is 0 Å². The molecule has 1 aliphatic rings. The van der Waals surface area contributed by atoms with Crippen molar-refractivity contribution >= 4 is 29.2 Å². The molecule has 1 amide bonds. The summed E-state index contributed by atoms with van der Waals surface area (Å²) in [5.74, 6) is 1.43. The maximum atomic E-state index is 13.2. The molecule has 0 atom stereocenters. The van der Waals surface area contributed by atoms with E-state index in [1.807, 2.05) is 42.5 Å². The van der Waals surface area contributed by atoms with E-state index < -0.39 is 0 Å². The lowest BCUT2D eigenvalue weighted by molar-refractivity contribution is 0.0383. The van der Waals surface area contributed by atoms with Crippen molar-refractivity contribution in [2.75, 3.05) is 60.7 Å². The third kappa shape index (κ3) is 5.52. The van der Waals surface area contributed by atoms with Crippen molar-refractivity contribution in [2.24, 2.45) is 0 Å². The Morgan fingerprint density at radius 3 is 2.35 bits per heavy atom. The molecule has 1 fully saturated rings. The van der Waals surface area contributed by atoms with E-state index in [0.717, 1.165) is 49.3 Å². The largest absolute Gasteiger partial charge is 0.493 e. The smallest absolute Gasteiger partial charge is 0.252 e. The summed E-state index contributed by atoms with van der Waals surface area (Å²) in [5.41, 5.74) is 2.72. The summed E-state index contributed by atoms with van der Waals surface area (Å²) in [7, 11) is 4.71. The number of carbonyl (C=O) groups is 1. The highest BCUT2D eigenvalue weighted by molar-refractivity contribution is 6.07. The van der Waals surface area contributed by atoms with Gasteiger partial charge in [0.25, 0.3) is 5.91 Å². The van der Waals surface area contributed by atoms with Gasteiger partial charge < -0.3 is 24.3 Å². The predicted octanol–water partition coefficient (Wildman–Crippen LogP) is 3.41. The summed E-state index contributed by atoms with van der Waals surface area (Å²) >= 11 is 0. The van der Waals surface area contributed by atoms with Crippen molar-refractivity contribution in [3.8, 4) is 28.5 Å². The van der Waals surface area contributed by atoms with Crippen molar-refractivity contribution in [3.05, 3.63) is 48.0 Å². The molecule has 34 heavy (non-hydrogen) atoms. The fourth-order valence-corrected chi connectivity index (χ4v) is 3.99. The highest BCUT2D eigenvalue weighted by atomic mass is 35.5. The van der Waals surface area contributed by atoms with Gasteiger partial charge in [-0.25, -0.2) is 4.98 Å². The first kappa shape index (κ1) is 25.6. The molecule has 0 spiro atoms. The second-order valence-electron chi connectivity index (χ2n) is 7.70. The summed E-state index contributed by atoms with van der Waals surface area (Å²) in [5, 5.41) is 3.87. The van der Waals surface area contributed by atoms with Crippen LogP contribution in [0, 0.1) is 0 Å². The van der Waals surface area contributed by atoms with Gasteiger partial charge in [0.15, 0.2) is 11.5 Å². The van der Waals surface area contributed by atoms with Crippen molar-refractivity contribution in [2.45, 2.75) is 0 Å². The Morgan fingerprint density at radius 1 is 1.03 bits per heavy atom. The first-order chi connectivity index (χ1) is 16.1. The van der Waals surface area contributed by atoms with Crippen LogP contribution in [-0.4, -0.2) is 76.5 Å². The molecule has 1 aliphatic heterocycles. The zero-order chi connectivity index (χ0) is 23.2. The number of pyridine rings is 1. The summed E-state index contributed by atoms with van der Waals surface area (Å²) in [6.45, 7) is 4.60. The monoisotopic (exact) mass is 487 g/mol. The van der Waals surface area contributed by atoms with Crippen LogP contribution in [0.1, 0.15) is 10.4 Å². The van der Waals surface area contributed by atoms with Crippen molar-refractivity contribution in [1.29, 1.82) is 0 Å². The van der Waals surface area contributed by atoms with Crippen molar-refractivity contribution < 1.29 is 23.7 Å². The van der Waals surface area contributed by atoms with E-state index in [1.54, 1.807) is 21.3 Å². The lowest BCUT2D eigenvalue weighted by atomic mass is 10.0. The molecule has 1 N–H and O–H groups in total. The van der Waals surface area contributed by atoms with Crippen molar-refractivity contribution in [1.82, 2.24) is 15.2 Å². The molecule has 0 unspecified atom stereocenters. The molecule has 0 bridgehead atoms. The number of aromatic nitrogens is 1. The number of methoxy groups -OCH3 is 3. The van der Waals surface area contributed by atoms with Gasteiger partial charge in [0.2, 0.25) is 5.75 Å². The number of nitrogens with one attached hydrogen (secondary N) is 1. The highest BCUT2D eigenvalue weighted by Gasteiger charge is 2.18. The second kappa shape index (κ2) is 11.9. The molecule has 0 aliphatic carbocycles. The normalized spacial score (nSPS) is 13.7. The minimum atomic E-state index is -0.129. The quantitative estimate of drug-likeness (QED) is 0.521. The Morgan fingerprint density at radius 2 is 1.71 bits per heavy atom. The number of nitrogens with zero attached hydrogens (tertiary/aromatic N) is 2. The van der Waals surface area contributed by atoms with Gasteiger partial charge in [-0.3, -0.25) is 9.69 Å². The Bertz CT molecular complexity index is 1110. The van der Waals surface area contributed by atoms with Crippen LogP contribution in [0.3, 0.4) is 0 Å². The molecule has 1 saturated heterocycles. The zero-order valence-electron chi connectivity index (χ0n) is 19.6. The average molecular weight is 488 g/mol. The zero-order valence-corrected chi connectivity index (χ0v) is 20.4. The van der Waals surface area contributed by atoms with Crippen LogP contribution in [0.5, 0.6) is 17.2 Å². The number of rotatable bonds is 8. The number of para-hydroxylation sites is 1. The van der Waals surface area contributed by atoms with Crippen LogP contribution >= 0.6 is 12.4 Å². The average Bonchev–Trinajstić information content (AvgIpc) is 2.87. The van der Waals surface area contributed by atoms with Gasteiger partial charge in [0.1, 0.15) is 0 Å². The number of fused-ring (bicyclic) bond motifs is 1. The number of hydrogen-bond acceptors (Lipinski definition) is 7. The summed E-state index contributed by atoms with van der Waals surface area (Å²) in [6.07, 6.45) is 0. The molecule has 8 nitrogen and oxygen atoms in total. The summed E-state index contributed by atoms with van der Waals surface area (Å²) in [4.78, 5) is 20.3. The lowest BCUT2D eigenvalue weighted by Crippen LogP contribution is -2.41. The fourth-order valence-electron chi connectivity index (χ4n) is 3.99. The van der Waals surface area contributed by atoms with Gasteiger partial charge in [0, 0.05) is 37.1 Å². The predicted molar refractivity (Wildman–Crippen MR) is 134 cm³/mol. The van der Waals surface area contributed by atoms with Crippen LogP contribution < -0.4 is 19.5 Å². The molecule has 1 aromatic heterocycles. The van der Waals surface area contributed by atoms with E-state index in [4.69, 9.17) is 23.9 Å². The lowest BCUT2D eigenvalue weighted by Gasteiger charge is -2.26. The third-order valence-corrected chi connectivity index (χ3v) is 5.74. The molecule has 0 radical (unpaired) electrons. The number of amides is 1. The molecule has 0 saturated carbocycles. The van der Waals surface area contributed by atoms with E-state index in [9.17, 15) is 4.79 Å². The van der Waals surface area contributed by atoms with Gasteiger partial charge in [-0.15, -0.1) is 12.4 Å². The van der Waals surface area contributed by atoms with Gasteiger partial charge >= 0.3 is 0 Å². The van der Waals surface area contributed by atoms with Crippen LogP contribution in [0.15, 0.2) is 42.5 Å². The van der Waals surface area contributed by atoms with Crippen LogP contribution in [0.4, 0.5) is 0 Å². The van der Waals surface area contributed by atoms with Crippen LogP contribution in [0.2, 0.25) is 0 Å². The number of ether oxygens (including phenoxy) is 4. The van der Waals surface area contributed by atoms with E-state index in [2.05, 4.69) is 10.2 Å². The number of benzene rings is 2. The minimum absolute atomic E-state index is 0. The fraction of sp³-hybridized carbons (Fsp3) is 0.360. The molecular formula is C25H30ClN3O5. The summed E-state index contributed by atoms with van der Waals surface area (Å²) < 4.78 is 21.8. The van der Waals surface area contributed by atoms with E-state index in [-0.39, 0.29) is 18.3 Å². The van der Waals surface area contributed by atoms with E-state index >= 15 is 0 Å². The molecule has 182 valence electrons. The molecule has 3 aromatic rings. The Labute approximate surface area is 205 Å². The van der Waals surface area contributed by atoms with Gasteiger partial charge in [0.05, 0.1) is 51.3 Å². The van der Waals surface area contributed by atoms with Gasteiger partial charge in [-0.2, -0.15) is 0 Å². The third-order valence-electron chi connectivity index (χ3n) is 5.74. The minimum Gasteiger partial charge on any atom is -0.493 e. The number of morpholine rings is 1. The first-order valence-electron chi connectivity index (χ1n) is 10.9. The summed E-state index contributed by atoms with van der Waals surface area (Å²) in [6, 6.07) is 13.1. The Hall–Kier alpha value is -3.07. The molecule has 2 aromatic carbocycles. The standard InChI is InChI=1S/C25H29N3O5.ClH/c1-30-22-14-17(15-23(31-2)24(22)32-3)21-16-19(18-6-4-5-7-20(18)27-21)25(29)26-8-9-28-10-12-33-13-11-28;/h4-7,14-16H,8-13H2,1-3H3,(H,26,29);1H. The maximum absolute atomic E-state index is 13.2. The van der Waals surface area contributed by atoms with Gasteiger partial charge in [-0.05, 0) is 24.3 Å². The molecular weight excluding hydrogens is 458 g/mol. The Kier molecular flexibility index (Phi) is 8.92. The topological polar surface area (TPSA) is 82.2 Å². The number of halogens is 1. The van der Waals surface area contributed by atoms with E-state index in [0.29, 0.717) is 35.1 Å². The first-order valence-corrected chi connectivity index (χ1v) is 10.9. The Balaban J connectivity index is 0.00000324. The highest BCUT2D eigenvalue weighted by Crippen LogP contribution is 2.41. The second-order valence-corrected chi connectivity index (χ2v) is 7.70. The van der Waals surface area contributed by atoms with Gasteiger partial charge in [-0.1, -0.05) is 18.2 Å². The molecule has 9 heteroatoms. The maximum Gasteiger partial charge on any atom is 0.252 e. The molecule has 2 heterocycles. The van der Waals surface area contributed by atoms with Crippen LogP contribution in [-0.2, 0) is 4.74 Å². The SMILES string of the molecule is COc1cc(-c2cc(C(=O)NCCN3CCOCC3)c3ccccc3n2)cc(OC)c1OC.Cl. The van der Waals surface area contributed by atoms with Crippen molar-refractivity contribution in [3.63, 3.8) is 0 Å². The number of carbonyl (C=O) groups excluding carboxylic acids is 1. The molecule has 4 rings (SSSR count).